The summed E-state index contributed by atoms with van der Waals surface area (Å²) < 4.78 is 1.88. The molecule has 6 rings (SSSR count). The van der Waals surface area contributed by atoms with E-state index in [0.29, 0.717) is 23.7 Å². The molecule has 2 saturated carbocycles. The zero-order valence-electron chi connectivity index (χ0n) is 25.0. The first-order valence-electron chi connectivity index (χ1n) is 15.2. The quantitative estimate of drug-likeness (QED) is 0.278. The maximum absolute atomic E-state index is 13.1. The molecule has 0 unspecified atom stereocenters. The minimum absolute atomic E-state index is 0.114. The van der Waals surface area contributed by atoms with E-state index in [1.54, 1.807) is 6.33 Å². The van der Waals surface area contributed by atoms with Crippen molar-refractivity contribution in [2.24, 2.45) is 11.3 Å². The minimum atomic E-state index is -0.114. The van der Waals surface area contributed by atoms with E-state index in [4.69, 9.17) is 4.98 Å². The highest BCUT2D eigenvalue weighted by atomic mass is 16.2. The van der Waals surface area contributed by atoms with Crippen molar-refractivity contribution in [2.45, 2.75) is 97.3 Å². The molecule has 2 aliphatic rings. The van der Waals surface area contributed by atoms with Crippen LogP contribution < -0.4 is 0 Å². The molecule has 0 aromatic carbocycles. The van der Waals surface area contributed by atoms with E-state index in [9.17, 15) is 4.79 Å². The van der Waals surface area contributed by atoms with E-state index in [-0.39, 0.29) is 5.41 Å². The average molecular weight is 541 g/mol. The second-order valence-corrected chi connectivity index (χ2v) is 13.1. The van der Waals surface area contributed by atoms with E-state index in [1.807, 2.05) is 23.5 Å². The van der Waals surface area contributed by atoms with Gasteiger partial charge in [0.2, 0.25) is 5.91 Å². The molecule has 4 aromatic rings. The van der Waals surface area contributed by atoms with Crippen LogP contribution in [0.3, 0.4) is 0 Å². The van der Waals surface area contributed by atoms with Crippen molar-refractivity contribution >= 4 is 22.6 Å². The first-order valence-corrected chi connectivity index (χ1v) is 15.2. The lowest BCUT2D eigenvalue weighted by Gasteiger charge is -2.37. The summed E-state index contributed by atoms with van der Waals surface area (Å²) in [5, 5.41) is 4.43. The number of hydrogen-bond donors (Lipinski definition) is 1. The van der Waals surface area contributed by atoms with Crippen molar-refractivity contribution in [1.82, 2.24) is 29.5 Å². The van der Waals surface area contributed by atoms with Crippen LogP contribution in [0.25, 0.3) is 27.9 Å². The smallest absolute Gasteiger partial charge is 0.228 e. The third kappa shape index (κ3) is 4.51. The predicted octanol–water partition coefficient (Wildman–Crippen LogP) is 7.33. The summed E-state index contributed by atoms with van der Waals surface area (Å²) in [5.41, 5.74) is 10.2. The van der Waals surface area contributed by atoms with Crippen LogP contribution in [0.2, 0.25) is 0 Å². The lowest BCUT2D eigenvalue weighted by molar-refractivity contribution is -0.140. The molecule has 0 spiro atoms. The Morgan fingerprint density at radius 3 is 2.50 bits per heavy atom. The number of pyridine rings is 2. The number of fused-ring (bicyclic) bond motifs is 2. The molecule has 0 bridgehead atoms. The summed E-state index contributed by atoms with van der Waals surface area (Å²) in [7, 11) is 3.85. The highest BCUT2D eigenvalue weighted by Gasteiger charge is 2.44. The van der Waals surface area contributed by atoms with Gasteiger partial charge in [0, 0.05) is 48.4 Å². The Hall–Kier alpha value is -3.22. The molecule has 2 fully saturated rings. The minimum Gasteiger partial charge on any atom is -0.353 e. The molecule has 1 N–H and O–H groups in total. The van der Waals surface area contributed by atoms with Crippen LogP contribution in [0.5, 0.6) is 0 Å². The Balaban J connectivity index is 1.26. The lowest BCUT2D eigenvalue weighted by atomic mass is 9.70. The summed E-state index contributed by atoms with van der Waals surface area (Å²) >= 11 is 0. The number of carbonyl (C=O) groups is 1. The molecule has 1 amide bonds. The average Bonchev–Trinajstić information content (AvgIpc) is 3.69. The van der Waals surface area contributed by atoms with E-state index in [1.165, 1.54) is 42.5 Å². The zero-order chi connectivity index (χ0) is 28.2. The highest BCUT2D eigenvalue weighted by molar-refractivity contribution is 5.89. The van der Waals surface area contributed by atoms with E-state index in [2.05, 4.69) is 61.1 Å². The third-order valence-corrected chi connectivity index (χ3v) is 10.0. The molecule has 4 heterocycles. The predicted molar refractivity (Wildman–Crippen MR) is 161 cm³/mol. The first kappa shape index (κ1) is 27.0. The molecular weight excluding hydrogens is 496 g/mol. The van der Waals surface area contributed by atoms with Gasteiger partial charge in [-0.15, -0.1) is 0 Å². The fraction of sp³-hybridized carbons (Fsp3) is 0.576. The molecule has 212 valence electrons. The van der Waals surface area contributed by atoms with Gasteiger partial charge in [0.25, 0.3) is 0 Å². The Morgan fingerprint density at radius 1 is 1.10 bits per heavy atom. The van der Waals surface area contributed by atoms with Gasteiger partial charge < -0.3 is 9.88 Å². The normalized spacial score (nSPS) is 21.1. The highest BCUT2D eigenvalue weighted by Crippen LogP contribution is 2.48. The second kappa shape index (κ2) is 10.3. The number of amides is 1. The topological polar surface area (TPSA) is 79.2 Å². The summed E-state index contributed by atoms with van der Waals surface area (Å²) in [4.78, 5) is 28.5. The van der Waals surface area contributed by atoms with E-state index >= 15 is 0 Å². The van der Waals surface area contributed by atoms with Gasteiger partial charge in [-0.05, 0) is 93.9 Å². The van der Waals surface area contributed by atoms with Gasteiger partial charge in [0.15, 0.2) is 5.65 Å². The molecule has 7 heteroatoms. The zero-order valence-corrected chi connectivity index (χ0v) is 25.0. The Bertz CT molecular complexity index is 1550. The van der Waals surface area contributed by atoms with Crippen LogP contribution in [0.4, 0.5) is 0 Å². The van der Waals surface area contributed by atoms with Gasteiger partial charge in [0.05, 0.1) is 16.7 Å². The monoisotopic (exact) mass is 540 g/mol. The molecule has 7 nitrogen and oxygen atoms in total. The summed E-state index contributed by atoms with van der Waals surface area (Å²) in [6, 6.07) is 4.48. The Labute approximate surface area is 237 Å². The fourth-order valence-electron chi connectivity index (χ4n) is 7.80. The summed E-state index contributed by atoms with van der Waals surface area (Å²) in [5.74, 6) is 1.81. The number of rotatable bonds is 6. The number of nitrogens with one attached hydrogen (secondary N) is 1. The number of hydrogen-bond acceptors (Lipinski definition) is 4. The Kier molecular flexibility index (Phi) is 6.96. The van der Waals surface area contributed by atoms with Crippen molar-refractivity contribution in [2.75, 3.05) is 14.1 Å². The molecular formula is C33H44N6O. The van der Waals surface area contributed by atoms with Crippen LogP contribution in [-0.2, 0) is 4.79 Å². The number of carbonyl (C=O) groups excluding carboxylic acids is 1. The molecule has 0 atom stereocenters. The molecule has 4 aromatic heterocycles. The lowest BCUT2D eigenvalue weighted by Crippen LogP contribution is -2.40. The van der Waals surface area contributed by atoms with Crippen LogP contribution in [-0.4, -0.2) is 49.5 Å². The van der Waals surface area contributed by atoms with E-state index < -0.39 is 0 Å². The maximum Gasteiger partial charge on any atom is 0.228 e. The SMILES string of the molecule is Cc1c(-c2[nH]c3ccc(C4CCC(CC5(C(=O)N(C)C)CCCC5)CC4)nc3c2C(C)C)cn2ncnc2c1C. The van der Waals surface area contributed by atoms with Crippen molar-refractivity contribution in [3.63, 3.8) is 0 Å². The van der Waals surface area contributed by atoms with Gasteiger partial charge in [-0.2, -0.15) is 5.10 Å². The maximum atomic E-state index is 13.1. The van der Waals surface area contributed by atoms with Crippen molar-refractivity contribution in [3.8, 4) is 11.3 Å². The Morgan fingerprint density at radius 2 is 1.82 bits per heavy atom. The van der Waals surface area contributed by atoms with E-state index in [0.717, 1.165) is 65.6 Å². The van der Waals surface area contributed by atoms with Gasteiger partial charge in [-0.1, -0.05) is 26.7 Å². The van der Waals surface area contributed by atoms with Gasteiger partial charge in [0.1, 0.15) is 6.33 Å². The van der Waals surface area contributed by atoms with Crippen LogP contribution >= 0.6 is 0 Å². The van der Waals surface area contributed by atoms with Gasteiger partial charge >= 0.3 is 0 Å². The van der Waals surface area contributed by atoms with Crippen molar-refractivity contribution < 1.29 is 4.79 Å². The third-order valence-electron chi connectivity index (χ3n) is 10.0. The summed E-state index contributed by atoms with van der Waals surface area (Å²) in [6.45, 7) is 8.82. The molecule has 0 aliphatic heterocycles. The number of nitrogens with zero attached hydrogens (tertiary/aromatic N) is 5. The molecule has 0 radical (unpaired) electrons. The number of aryl methyl sites for hydroxylation is 1. The van der Waals surface area contributed by atoms with Crippen LogP contribution in [0.1, 0.15) is 106 Å². The van der Waals surface area contributed by atoms with Crippen molar-refractivity contribution in [3.05, 3.63) is 47.0 Å². The van der Waals surface area contributed by atoms with Gasteiger partial charge in [-0.25, -0.2) is 9.50 Å². The standard InChI is InChI=1S/C33H44N6O/c1-20(2)28-29(25-18-39-31(34-19-35-39)22(4)21(25)3)37-27-14-13-26(36-30(27)28)24-11-9-23(10-12-24)17-33(15-7-8-16-33)32(40)38(5)6/h13-14,18-20,23-24,37H,7-12,15-17H2,1-6H3. The largest absolute Gasteiger partial charge is 0.353 e. The van der Waals surface area contributed by atoms with Gasteiger partial charge in [-0.3, -0.25) is 9.78 Å². The summed E-state index contributed by atoms with van der Waals surface area (Å²) in [6.07, 6.45) is 14.0. The van der Waals surface area contributed by atoms with Crippen LogP contribution in [0, 0.1) is 25.2 Å². The number of aromatic nitrogens is 5. The second-order valence-electron chi connectivity index (χ2n) is 13.1. The van der Waals surface area contributed by atoms with Crippen LogP contribution in [0.15, 0.2) is 24.7 Å². The molecule has 2 aliphatic carbocycles. The van der Waals surface area contributed by atoms with Crippen molar-refractivity contribution in [1.29, 1.82) is 0 Å². The fourth-order valence-corrected chi connectivity index (χ4v) is 7.80. The number of H-pyrrole nitrogens is 1. The first-order chi connectivity index (χ1) is 19.2. The molecule has 40 heavy (non-hydrogen) atoms. The molecule has 0 saturated heterocycles. The number of aromatic amines is 1.